The molecule has 0 aliphatic carbocycles. The maximum atomic E-state index is 11.2. The van der Waals surface area contributed by atoms with Crippen LogP contribution in [-0.4, -0.2) is 30.8 Å². The molecule has 0 aromatic carbocycles. The molecule has 0 aliphatic rings. The molecule has 0 radical (unpaired) electrons. The number of rotatable bonds is 7. The van der Waals surface area contributed by atoms with E-state index in [1.54, 1.807) is 7.11 Å². The second-order valence-corrected chi connectivity index (χ2v) is 3.79. The van der Waals surface area contributed by atoms with E-state index in [0.29, 0.717) is 12.8 Å². The van der Waals surface area contributed by atoms with Gasteiger partial charge in [0.15, 0.2) is 0 Å². The lowest BCUT2D eigenvalue weighted by Gasteiger charge is -2.29. The summed E-state index contributed by atoms with van der Waals surface area (Å²) in [6.45, 7) is 4.00. The maximum absolute atomic E-state index is 11.2. The summed E-state index contributed by atoms with van der Waals surface area (Å²) in [5.41, 5.74) is 4.75. The SMILES string of the molecule is CCCC(CN)(CC(C)OC)C(=O)O. The molecule has 3 N–H and O–H groups in total. The first-order valence-electron chi connectivity index (χ1n) is 4.98. The highest BCUT2D eigenvalue weighted by molar-refractivity contribution is 5.75. The average Bonchev–Trinajstić information content (AvgIpc) is 2.16. The van der Waals surface area contributed by atoms with Crippen molar-refractivity contribution in [1.29, 1.82) is 0 Å². The van der Waals surface area contributed by atoms with Crippen LogP contribution in [0.25, 0.3) is 0 Å². The fourth-order valence-electron chi connectivity index (χ4n) is 1.68. The predicted molar refractivity (Wildman–Crippen MR) is 55.1 cm³/mol. The van der Waals surface area contributed by atoms with Gasteiger partial charge in [-0.15, -0.1) is 0 Å². The van der Waals surface area contributed by atoms with Gasteiger partial charge in [-0.25, -0.2) is 0 Å². The van der Waals surface area contributed by atoms with Crippen LogP contribution in [-0.2, 0) is 9.53 Å². The van der Waals surface area contributed by atoms with Gasteiger partial charge in [0, 0.05) is 13.7 Å². The Morgan fingerprint density at radius 1 is 1.64 bits per heavy atom. The van der Waals surface area contributed by atoms with Gasteiger partial charge < -0.3 is 15.6 Å². The molecule has 0 bridgehead atoms. The van der Waals surface area contributed by atoms with Crippen molar-refractivity contribution in [2.24, 2.45) is 11.1 Å². The quantitative estimate of drug-likeness (QED) is 0.653. The summed E-state index contributed by atoms with van der Waals surface area (Å²) in [5, 5.41) is 9.16. The Balaban J connectivity index is 4.57. The first-order chi connectivity index (χ1) is 6.52. The van der Waals surface area contributed by atoms with Gasteiger partial charge in [-0.05, 0) is 19.8 Å². The van der Waals surface area contributed by atoms with Gasteiger partial charge in [0.1, 0.15) is 0 Å². The Labute approximate surface area is 85.4 Å². The van der Waals surface area contributed by atoms with E-state index in [9.17, 15) is 4.79 Å². The largest absolute Gasteiger partial charge is 0.481 e. The van der Waals surface area contributed by atoms with Crippen molar-refractivity contribution in [2.75, 3.05) is 13.7 Å². The van der Waals surface area contributed by atoms with Crippen molar-refractivity contribution in [3.63, 3.8) is 0 Å². The Bertz CT molecular complexity index is 184. The number of aliphatic carboxylic acids is 1. The Morgan fingerprint density at radius 3 is 2.50 bits per heavy atom. The second kappa shape index (κ2) is 5.98. The summed E-state index contributed by atoms with van der Waals surface area (Å²) in [6.07, 6.45) is 1.83. The van der Waals surface area contributed by atoms with Gasteiger partial charge in [-0.2, -0.15) is 0 Å². The number of nitrogens with two attached hydrogens (primary N) is 1. The number of hydrogen-bond acceptors (Lipinski definition) is 3. The van der Waals surface area contributed by atoms with Crippen LogP contribution in [0.5, 0.6) is 0 Å². The number of ether oxygens (including phenoxy) is 1. The van der Waals surface area contributed by atoms with Gasteiger partial charge in [0.2, 0.25) is 0 Å². The first kappa shape index (κ1) is 13.4. The van der Waals surface area contributed by atoms with Gasteiger partial charge >= 0.3 is 5.97 Å². The number of hydrogen-bond donors (Lipinski definition) is 2. The van der Waals surface area contributed by atoms with Crippen LogP contribution >= 0.6 is 0 Å². The summed E-state index contributed by atoms with van der Waals surface area (Å²) in [5.74, 6) is -0.814. The third kappa shape index (κ3) is 3.27. The predicted octanol–water partition coefficient (Wildman–Crippen LogP) is 1.24. The molecule has 0 saturated heterocycles. The van der Waals surface area contributed by atoms with E-state index in [4.69, 9.17) is 15.6 Å². The second-order valence-electron chi connectivity index (χ2n) is 3.79. The zero-order chi connectivity index (χ0) is 11.2. The summed E-state index contributed by atoms with van der Waals surface area (Å²) >= 11 is 0. The van der Waals surface area contributed by atoms with Gasteiger partial charge in [-0.1, -0.05) is 13.3 Å². The minimum absolute atomic E-state index is 0.0683. The number of methoxy groups -OCH3 is 1. The third-order valence-corrected chi connectivity index (χ3v) is 2.65. The standard InChI is InChI=1S/C10H21NO3/c1-4-5-10(7-11,9(12)13)6-8(2)14-3/h8H,4-7,11H2,1-3H3,(H,12,13). The average molecular weight is 203 g/mol. The van der Waals surface area contributed by atoms with Crippen LogP contribution in [0.15, 0.2) is 0 Å². The molecule has 0 saturated carbocycles. The number of carboxylic acids is 1. The van der Waals surface area contributed by atoms with E-state index in [1.165, 1.54) is 0 Å². The van der Waals surface area contributed by atoms with Crippen LogP contribution in [0.4, 0.5) is 0 Å². The topological polar surface area (TPSA) is 72.5 Å². The molecule has 0 aromatic rings. The first-order valence-corrected chi connectivity index (χ1v) is 4.98. The lowest BCUT2D eigenvalue weighted by Crippen LogP contribution is -2.41. The van der Waals surface area contributed by atoms with Crippen molar-refractivity contribution in [3.05, 3.63) is 0 Å². The molecular weight excluding hydrogens is 182 g/mol. The molecular formula is C10H21NO3. The zero-order valence-corrected chi connectivity index (χ0v) is 9.25. The summed E-state index contributed by atoms with van der Waals surface area (Å²) in [6, 6.07) is 0. The molecule has 0 spiro atoms. The number of carboxylic acid groups (broad SMARTS) is 1. The van der Waals surface area contributed by atoms with E-state index in [2.05, 4.69) is 0 Å². The lowest BCUT2D eigenvalue weighted by molar-refractivity contribution is -0.151. The van der Waals surface area contributed by atoms with Crippen molar-refractivity contribution in [3.8, 4) is 0 Å². The van der Waals surface area contributed by atoms with Crippen LogP contribution < -0.4 is 5.73 Å². The lowest BCUT2D eigenvalue weighted by atomic mass is 9.78. The van der Waals surface area contributed by atoms with Crippen LogP contribution in [0.1, 0.15) is 33.1 Å². The van der Waals surface area contributed by atoms with E-state index in [0.717, 1.165) is 6.42 Å². The zero-order valence-electron chi connectivity index (χ0n) is 9.25. The maximum Gasteiger partial charge on any atom is 0.311 e. The fraction of sp³-hybridized carbons (Fsp3) is 0.900. The van der Waals surface area contributed by atoms with E-state index >= 15 is 0 Å². The molecule has 0 aromatic heterocycles. The van der Waals surface area contributed by atoms with Crippen LogP contribution in [0, 0.1) is 5.41 Å². The van der Waals surface area contributed by atoms with Gasteiger partial charge in [0.25, 0.3) is 0 Å². The van der Waals surface area contributed by atoms with E-state index in [-0.39, 0.29) is 12.6 Å². The van der Waals surface area contributed by atoms with E-state index in [1.807, 2.05) is 13.8 Å². The summed E-state index contributed by atoms with van der Waals surface area (Å²) in [7, 11) is 1.58. The molecule has 2 atom stereocenters. The molecule has 2 unspecified atom stereocenters. The summed E-state index contributed by atoms with van der Waals surface area (Å²) in [4.78, 5) is 11.2. The molecule has 4 nitrogen and oxygen atoms in total. The normalized spacial score (nSPS) is 17.4. The molecule has 0 heterocycles. The third-order valence-electron chi connectivity index (χ3n) is 2.65. The monoisotopic (exact) mass is 203 g/mol. The molecule has 4 heteroatoms. The molecule has 0 aliphatic heterocycles. The van der Waals surface area contributed by atoms with Crippen LogP contribution in [0.2, 0.25) is 0 Å². The molecule has 84 valence electrons. The highest BCUT2D eigenvalue weighted by atomic mass is 16.5. The Hall–Kier alpha value is -0.610. The van der Waals surface area contributed by atoms with Gasteiger partial charge in [0.05, 0.1) is 11.5 Å². The highest BCUT2D eigenvalue weighted by Gasteiger charge is 2.37. The minimum Gasteiger partial charge on any atom is -0.481 e. The molecule has 0 rings (SSSR count). The van der Waals surface area contributed by atoms with Crippen molar-refractivity contribution in [1.82, 2.24) is 0 Å². The van der Waals surface area contributed by atoms with E-state index < -0.39 is 11.4 Å². The fourth-order valence-corrected chi connectivity index (χ4v) is 1.68. The van der Waals surface area contributed by atoms with Crippen LogP contribution in [0.3, 0.4) is 0 Å². The molecule has 0 fully saturated rings. The smallest absolute Gasteiger partial charge is 0.311 e. The number of carbonyl (C=O) groups is 1. The van der Waals surface area contributed by atoms with Gasteiger partial charge in [-0.3, -0.25) is 4.79 Å². The molecule has 0 amide bonds. The minimum atomic E-state index is -0.815. The van der Waals surface area contributed by atoms with Crippen molar-refractivity contribution in [2.45, 2.75) is 39.2 Å². The van der Waals surface area contributed by atoms with Crippen molar-refractivity contribution < 1.29 is 14.6 Å². The summed E-state index contributed by atoms with van der Waals surface area (Å²) < 4.78 is 5.09. The Morgan fingerprint density at radius 2 is 2.21 bits per heavy atom. The highest BCUT2D eigenvalue weighted by Crippen LogP contribution is 2.29. The van der Waals surface area contributed by atoms with Crippen molar-refractivity contribution >= 4 is 5.97 Å². The molecule has 14 heavy (non-hydrogen) atoms. The Kier molecular flexibility index (Phi) is 5.72.